The number of hydrogen-bond donors (Lipinski definition) is 1. The zero-order valence-electron chi connectivity index (χ0n) is 22.0. The number of nitrogens with one attached hydrogen (secondary N) is 1. The minimum Gasteiger partial charge on any atom is -0.491 e. The number of para-hydroxylation sites is 1. The van der Waals surface area contributed by atoms with Crippen molar-refractivity contribution in [3.63, 3.8) is 0 Å². The van der Waals surface area contributed by atoms with E-state index in [9.17, 15) is 9.59 Å². The van der Waals surface area contributed by atoms with Crippen LogP contribution in [0.2, 0.25) is 0 Å². The molecule has 200 valence electrons. The first-order chi connectivity index (χ1) is 18.0. The van der Waals surface area contributed by atoms with Crippen molar-refractivity contribution in [2.75, 3.05) is 45.9 Å². The van der Waals surface area contributed by atoms with E-state index in [1.807, 2.05) is 28.6 Å². The summed E-state index contributed by atoms with van der Waals surface area (Å²) in [6.45, 7) is 4.48. The fourth-order valence-corrected chi connectivity index (χ4v) is 6.24. The molecule has 2 fully saturated rings. The molecule has 9 nitrogen and oxygen atoms in total. The molecular weight excluding hydrogens is 468 g/mol. The number of benzene rings is 1. The second-order valence-electron chi connectivity index (χ2n) is 11.0. The summed E-state index contributed by atoms with van der Waals surface area (Å²) in [5.41, 5.74) is 0.899. The van der Waals surface area contributed by atoms with Gasteiger partial charge in [0.05, 0.1) is 18.5 Å². The Morgan fingerprint density at radius 1 is 1.14 bits per heavy atom. The van der Waals surface area contributed by atoms with Crippen molar-refractivity contribution in [3.8, 4) is 5.75 Å². The lowest BCUT2D eigenvalue weighted by molar-refractivity contribution is -0.137. The van der Waals surface area contributed by atoms with Crippen LogP contribution in [0, 0.1) is 5.41 Å². The Hall–Kier alpha value is -2.94. The van der Waals surface area contributed by atoms with Crippen LogP contribution >= 0.6 is 0 Å². The number of piperidine rings is 2. The first-order valence-electron chi connectivity index (χ1n) is 13.9. The summed E-state index contributed by atoms with van der Waals surface area (Å²) in [6.07, 6.45) is 9.27. The highest BCUT2D eigenvalue weighted by atomic mass is 16.5. The van der Waals surface area contributed by atoms with Gasteiger partial charge >= 0.3 is 0 Å². The molecule has 0 aliphatic carbocycles. The summed E-state index contributed by atoms with van der Waals surface area (Å²) in [4.78, 5) is 30.8. The summed E-state index contributed by atoms with van der Waals surface area (Å²) in [7, 11) is 1.96. The van der Waals surface area contributed by atoms with Crippen LogP contribution in [-0.2, 0) is 23.1 Å². The topological polar surface area (TPSA) is 92.6 Å². The zero-order chi connectivity index (χ0) is 25.7. The monoisotopic (exact) mass is 508 g/mol. The van der Waals surface area contributed by atoms with Crippen LogP contribution in [0.15, 0.2) is 30.6 Å². The molecule has 37 heavy (non-hydrogen) atoms. The summed E-state index contributed by atoms with van der Waals surface area (Å²) >= 11 is 0. The fourth-order valence-electron chi connectivity index (χ4n) is 6.24. The van der Waals surface area contributed by atoms with E-state index in [0.29, 0.717) is 26.2 Å². The molecule has 4 heterocycles. The molecule has 0 radical (unpaired) electrons. The molecule has 2 amide bonds. The SMILES string of the molecule is Cn1cnnc1C1CCCN(C(=O)CN2CCC3(CCCCc4ccccc4OCCNC3=O)CC2)C1. The number of aromatic nitrogens is 3. The van der Waals surface area contributed by atoms with Gasteiger partial charge in [-0.1, -0.05) is 24.6 Å². The Morgan fingerprint density at radius 3 is 2.78 bits per heavy atom. The van der Waals surface area contributed by atoms with Crippen molar-refractivity contribution in [1.82, 2.24) is 29.9 Å². The molecule has 1 unspecified atom stereocenters. The van der Waals surface area contributed by atoms with Crippen LogP contribution in [0.1, 0.15) is 62.3 Å². The van der Waals surface area contributed by atoms with E-state index in [1.54, 1.807) is 6.33 Å². The number of amides is 2. The number of nitrogens with zero attached hydrogens (tertiary/aromatic N) is 5. The molecule has 0 bridgehead atoms. The van der Waals surface area contributed by atoms with E-state index in [0.717, 1.165) is 82.6 Å². The summed E-state index contributed by atoms with van der Waals surface area (Å²) < 4.78 is 7.93. The maximum absolute atomic E-state index is 13.3. The predicted octanol–water partition coefficient (Wildman–Crippen LogP) is 2.52. The highest BCUT2D eigenvalue weighted by Gasteiger charge is 2.41. The maximum atomic E-state index is 13.3. The van der Waals surface area contributed by atoms with Gasteiger partial charge in [-0.15, -0.1) is 10.2 Å². The highest BCUT2D eigenvalue weighted by molar-refractivity contribution is 5.83. The van der Waals surface area contributed by atoms with E-state index in [-0.39, 0.29) is 23.1 Å². The molecule has 1 N–H and O–H groups in total. The Morgan fingerprint density at radius 2 is 1.97 bits per heavy atom. The normalized spacial score (nSPS) is 23.3. The van der Waals surface area contributed by atoms with E-state index in [2.05, 4.69) is 32.5 Å². The van der Waals surface area contributed by atoms with Crippen molar-refractivity contribution in [2.24, 2.45) is 12.5 Å². The van der Waals surface area contributed by atoms with Gasteiger partial charge in [-0.3, -0.25) is 14.5 Å². The Balaban J connectivity index is 1.15. The highest BCUT2D eigenvalue weighted by Crippen LogP contribution is 2.38. The molecule has 0 saturated carbocycles. The minimum atomic E-state index is -0.348. The number of carbonyl (C=O) groups excluding carboxylic acids is 2. The first-order valence-corrected chi connectivity index (χ1v) is 13.9. The first kappa shape index (κ1) is 25.7. The third-order valence-corrected chi connectivity index (χ3v) is 8.51. The Kier molecular flexibility index (Phi) is 8.08. The quantitative estimate of drug-likeness (QED) is 0.685. The second-order valence-corrected chi connectivity index (χ2v) is 11.0. The van der Waals surface area contributed by atoms with Crippen molar-refractivity contribution >= 4 is 11.8 Å². The molecular formula is C28H40N6O3. The van der Waals surface area contributed by atoms with Crippen molar-refractivity contribution in [3.05, 3.63) is 42.0 Å². The molecule has 1 aromatic carbocycles. The van der Waals surface area contributed by atoms with Crippen LogP contribution in [0.25, 0.3) is 0 Å². The van der Waals surface area contributed by atoms with Crippen molar-refractivity contribution in [2.45, 2.75) is 57.3 Å². The number of rotatable bonds is 3. The van der Waals surface area contributed by atoms with Crippen LogP contribution in [0.5, 0.6) is 5.75 Å². The number of carbonyl (C=O) groups is 2. The summed E-state index contributed by atoms with van der Waals surface area (Å²) in [5, 5.41) is 11.4. The molecule has 2 aromatic rings. The third kappa shape index (κ3) is 5.98. The summed E-state index contributed by atoms with van der Waals surface area (Å²) in [6, 6.07) is 8.22. The zero-order valence-corrected chi connectivity index (χ0v) is 22.0. The van der Waals surface area contributed by atoms with Crippen LogP contribution in [0.4, 0.5) is 0 Å². The Labute approximate surface area is 219 Å². The lowest BCUT2D eigenvalue weighted by atomic mass is 9.73. The summed E-state index contributed by atoms with van der Waals surface area (Å²) in [5.74, 6) is 2.47. The van der Waals surface area contributed by atoms with Gasteiger partial charge < -0.3 is 19.5 Å². The van der Waals surface area contributed by atoms with Crippen molar-refractivity contribution in [1.29, 1.82) is 0 Å². The molecule has 3 aliphatic heterocycles. The van der Waals surface area contributed by atoms with Gasteiger partial charge in [-0.05, 0) is 69.7 Å². The third-order valence-electron chi connectivity index (χ3n) is 8.51. The number of hydrogen-bond acceptors (Lipinski definition) is 6. The molecule has 2 saturated heterocycles. The molecule has 1 aromatic heterocycles. The molecule has 1 atom stereocenters. The Bertz CT molecular complexity index is 1080. The van der Waals surface area contributed by atoms with Gasteiger partial charge in [0.15, 0.2) is 0 Å². The lowest BCUT2D eigenvalue weighted by Gasteiger charge is -2.41. The van der Waals surface area contributed by atoms with Crippen molar-refractivity contribution < 1.29 is 14.3 Å². The van der Waals surface area contributed by atoms with Gasteiger partial charge in [-0.25, -0.2) is 0 Å². The molecule has 5 rings (SSSR count). The number of aryl methyl sites for hydroxylation is 2. The fraction of sp³-hybridized carbons (Fsp3) is 0.643. The van der Waals surface area contributed by atoms with Gasteiger partial charge in [0.1, 0.15) is 24.5 Å². The van der Waals surface area contributed by atoms with E-state index in [1.165, 1.54) is 5.56 Å². The van der Waals surface area contributed by atoms with Crippen LogP contribution < -0.4 is 10.1 Å². The van der Waals surface area contributed by atoms with E-state index >= 15 is 0 Å². The smallest absolute Gasteiger partial charge is 0.236 e. The molecule has 9 heteroatoms. The maximum Gasteiger partial charge on any atom is 0.236 e. The minimum absolute atomic E-state index is 0.151. The average molecular weight is 509 g/mol. The molecule has 3 aliphatic rings. The van der Waals surface area contributed by atoms with Crippen LogP contribution in [0.3, 0.4) is 0 Å². The second kappa shape index (κ2) is 11.6. The average Bonchev–Trinajstić information content (AvgIpc) is 3.36. The molecule has 1 spiro atoms. The van der Waals surface area contributed by atoms with Gasteiger partial charge in [0.2, 0.25) is 11.8 Å². The van der Waals surface area contributed by atoms with Gasteiger partial charge in [0, 0.05) is 26.1 Å². The lowest BCUT2D eigenvalue weighted by Crippen LogP contribution is -2.52. The van der Waals surface area contributed by atoms with E-state index in [4.69, 9.17) is 4.74 Å². The largest absolute Gasteiger partial charge is 0.491 e. The van der Waals surface area contributed by atoms with Gasteiger partial charge in [-0.2, -0.15) is 0 Å². The predicted molar refractivity (Wildman–Crippen MR) is 140 cm³/mol. The van der Waals surface area contributed by atoms with E-state index < -0.39 is 0 Å². The number of fused-ring (bicyclic) bond motifs is 1. The van der Waals surface area contributed by atoms with Crippen LogP contribution in [-0.4, -0.2) is 82.3 Å². The van der Waals surface area contributed by atoms with Gasteiger partial charge in [0.25, 0.3) is 0 Å². The standard InChI is InChI=1S/C28H40N6O3/c1-32-21-30-31-26(32)23-9-6-15-34(19-23)25(35)20-33-16-12-28(13-17-33)11-5-4-8-22-7-2-3-10-24(22)37-18-14-29-27(28)36/h2-3,7,10,21,23H,4-6,8-9,11-20H2,1H3,(H,29,36). The number of likely N-dealkylation sites (tertiary alicyclic amines) is 2. The number of ether oxygens (including phenoxy) is 1.